The van der Waals surface area contributed by atoms with Crippen LogP contribution in [-0.4, -0.2) is 56.4 Å². The van der Waals surface area contributed by atoms with Gasteiger partial charge in [0.1, 0.15) is 0 Å². The number of carboxylic acids is 1. The minimum absolute atomic E-state index is 0.0892. The predicted octanol–water partition coefficient (Wildman–Crippen LogP) is 7.10. The smallest absolute Gasteiger partial charge is 0.307 e. The van der Waals surface area contributed by atoms with E-state index in [9.17, 15) is 15.0 Å². The second-order valence-electron chi connectivity index (χ2n) is 14.4. The monoisotopic (exact) mass is 635 g/mol. The Labute approximate surface area is 273 Å². The summed E-state index contributed by atoms with van der Waals surface area (Å²) < 4.78 is 0. The number of benzene rings is 2. The highest BCUT2D eigenvalue weighted by molar-refractivity contribution is 6.31. The number of pyridine rings is 1. The summed E-state index contributed by atoms with van der Waals surface area (Å²) in [5.74, 6) is -0.870. The Morgan fingerprint density at radius 2 is 1.69 bits per heavy atom. The third-order valence-electron chi connectivity index (χ3n) is 8.78. The van der Waals surface area contributed by atoms with Crippen molar-refractivity contribution < 1.29 is 20.1 Å². The van der Waals surface area contributed by atoms with Crippen LogP contribution in [0.2, 0.25) is 5.02 Å². The fraction of sp³-hybridized carbons (Fsp3) is 0.514. The Morgan fingerprint density at radius 3 is 2.29 bits per heavy atom. The van der Waals surface area contributed by atoms with Gasteiger partial charge in [0.2, 0.25) is 0 Å². The summed E-state index contributed by atoms with van der Waals surface area (Å²) >= 11 is 6.52. The lowest BCUT2D eigenvalue weighted by Crippen LogP contribution is -2.38. The Balaban J connectivity index is 0.000000854. The maximum absolute atomic E-state index is 11.9. The van der Waals surface area contributed by atoms with Crippen LogP contribution in [-0.2, 0) is 37.3 Å². The molecule has 0 aliphatic carbocycles. The summed E-state index contributed by atoms with van der Waals surface area (Å²) in [7, 11) is 0. The molecule has 3 heterocycles. The maximum Gasteiger partial charge on any atom is 0.307 e. The van der Waals surface area contributed by atoms with Crippen LogP contribution in [0.25, 0.3) is 11.1 Å². The van der Waals surface area contributed by atoms with Crippen molar-refractivity contribution in [1.82, 2.24) is 9.88 Å². The number of fused-ring (bicyclic) bond motifs is 1. The van der Waals surface area contributed by atoms with E-state index in [0.29, 0.717) is 11.4 Å². The predicted molar refractivity (Wildman–Crippen MR) is 183 cm³/mol. The van der Waals surface area contributed by atoms with E-state index in [1.807, 2.05) is 19.1 Å². The van der Waals surface area contributed by atoms with E-state index in [0.717, 1.165) is 79.4 Å². The van der Waals surface area contributed by atoms with Gasteiger partial charge < -0.3 is 20.2 Å². The normalized spacial score (nSPS) is 16.5. The van der Waals surface area contributed by atoms with Gasteiger partial charge in [0.25, 0.3) is 0 Å². The second kappa shape index (κ2) is 14.2. The molecule has 0 amide bonds. The van der Waals surface area contributed by atoms with Gasteiger partial charge in [-0.3, -0.25) is 14.7 Å². The molecule has 0 unspecified atom stereocenters. The number of hydrogen-bond acceptors (Lipinski definition) is 6. The molecule has 1 aromatic heterocycles. The number of carbonyl (C=O) groups is 1. The first-order valence-electron chi connectivity index (χ1n) is 16.0. The van der Waals surface area contributed by atoms with E-state index in [1.165, 1.54) is 22.3 Å². The van der Waals surface area contributed by atoms with Crippen LogP contribution >= 0.6 is 11.6 Å². The van der Waals surface area contributed by atoms with E-state index in [4.69, 9.17) is 21.7 Å². The molecule has 2 aromatic carbocycles. The topological polar surface area (TPSA) is 97.1 Å². The summed E-state index contributed by atoms with van der Waals surface area (Å²) in [6, 6.07) is 12.6. The lowest BCUT2D eigenvalue weighted by molar-refractivity contribution is -0.136. The van der Waals surface area contributed by atoms with E-state index >= 15 is 0 Å². The molecule has 7 nitrogen and oxygen atoms in total. The molecule has 0 atom stereocenters. The van der Waals surface area contributed by atoms with Crippen LogP contribution in [0.1, 0.15) is 86.7 Å². The minimum Gasteiger partial charge on any atom is -0.481 e. The van der Waals surface area contributed by atoms with Crippen molar-refractivity contribution in [3.8, 4) is 11.1 Å². The van der Waals surface area contributed by atoms with Gasteiger partial charge >= 0.3 is 5.97 Å². The molecule has 5 rings (SSSR count). The van der Waals surface area contributed by atoms with Crippen molar-refractivity contribution >= 4 is 23.3 Å². The largest absolute Gasteiger partial charge is 0.481 e. The average Bonchev–Trinajstić information content (AvgIpc) is 2.94. The van der Waals surface area contributed by atoms with Gasteiger partial charge in [0.05, 0.1) is 30.0 Å². The van der Waals surface area contributed by atoms with E-state index in [-0.39, 0.29) is 18.4 Å². The zero-order chi connectivity index (χ0) is 33.1. The number of aromatic nitrogens is 1. The fourth-order valence-electron chi connectivity index (χ4n) is 6.24. The number of hydrogen-bond donors (Lipinski definition) is 3. The van der Waals surface area contributed by atoms with Gasteiger partial charge in [0.15, 0.2) is 0 Å². The molecule has 3 aromatic rings. The van der Waals surface area contributed by atoms with E-state index in [1.54, 1.807) is 20.8 Å². The molecule has 0 saturated carbocycles. The molecule has 244 valence electrons. The number of aliphatic hydroxyl groups excluding tert-OH is 1. The average molecular weight is 636 g/mol. The van der Waals surface area contributed by atoms with Gasteiger partial charge in [-0.05, 0) is 93.2 Å². The van der Waals surface area contributed by atoms with Gasteiger partial charge in [0, 0.05) is 54.6 Å². The zero-order valence-electron chi connectivity index (χ0n) is 28.0. The molecular weight excluding hydrogens is 586 g/mol. The number of aliphatic carboxylic acids is 1. The highest BCUT2D eigenvalue weighted by Crippen LogP contribution is 2.42. The molecule has 2 aliphatic heterocycles. The number of rotatable bonds is 7. The minimum atomic E-state index is -0.870. The van der Waals surface area contributed by atoms with Crippen molar-refractivity contribution in [1.29, 1.82) is 0 Å². The lowest BCUT2D eigenvalue weighted by atomic mass is 9.81. The first kappa shape index (κ1) is 34.9. The first-order valence-corrected chi connectivity index (χ1v) is 16.3. The number of aliphatic hydroxyl groups is 2. The van der Waals surface area contributed by atoms with Crippen LogP contribution < -0.4 is 4.90 Å². The van der Waals surface area contributed by atoms with E-state index in [2.05, 4.69) is 54.8 Å². The molecule has 2 aliphatic rings. The van der Waals surface area contributed by atoms with Crippen molar-refractivity contribution in [2.75, 3.05) is 24.5 Å². The number of aryl methyl sites for hydroxylation is 2. The van der Waals surface area contributed by atoms with Crippen LogP contribution in [0, 0.1) is 19.3 Å². The molecule has 0 bridgehead atoms. The van der Waals surface area contributed by atoms with E-state index < -0.39 is 11.6 Å². The molecule has 8 heteroatoms. The van der Waals surface area contributed by atoms with Crippen molar-refractivity contribution in [2.24, 2.45) is 5.41 Å². The summed E-state index contributed by atoms with van der Waals surface area (Å²) in [6.45, 7) is 17.9. The third kappa shape index (κ3) is 9.07. The van der Waals surface area contributed by atoms with Gasteiger partial charge in [-0.25, -0.2) is 0 Å². The van der Waals surface area contributed by atoms with Crippen molar-refractivity contribution in [2.45, 2.75) is 99.4 Å². The molecule has 3 N–H and O–H groups in total. The lowest BCUT2D eigenvalue weighted by Gasteiger charge is -2.40. The Hall–Kier alpha value is -2.97. The number of anilines is 1. The summed E-state index contributed by atoms with van der Waals surface area (Å²) in [4.78, 5) is 21.5. The van der Waals surface area contributed by atoms with Gasteiger partial charge in [-0.15, -0.1) is 0 Å². The third-order valence-corrected chi connectivity index (χ3v) is 9.14. The number of halogens is 1. The van der Waals surface area contributed by atoms with Gasteiger partial charge in [-0.2, -0.15) is 0 Å². The maximum atomic E-state index is 11.9. The van der Waals surface area contributed by atoms with Crippen molar-refractivity contribution in [3.63, 3.8) is 0 Å². The molecule has 0 spiro atoms. The summed E-state index contributed by atoms with van der Waals surface area (Å²) in [5, 5.41) is 29.6. The van der Waals surface area contributed by atoms with Crippen LogP contribution in [0.15, 0.2) is 36.4 Å². The number of nitrogens with zero attached hydrogens (tertiary/aromatic N) is 3. The molecule has 1 saturated heterocycles. The summed E-state index contributed by atoms with van der Waals surface area (Å²) in [5.41, 5.74) is 9.57. The fourth-order valence-corrected chi connectivity index (χ4v) is 6.52. The number of carboxylic acid groups (broad SMARTS) is 1. The second-order valence-corrected chi connectivity index (χ2v) is 14.8. The van der Waals surface area contributed by atoms with Crippen LogP contribution in [0.3, 0.4) is 0 Å². The highest BCUT2D eigenvalue weighted by Gasteiger charge is 2.31. The first-order chi connectivity index (χ1) is 21.1. The number of piperidine rings is 1. The standard InChI is InChI=1S/C33H40ClN3O3.C4H10O/c1-21-6-5-7-28(34)27(21)19-36-13-10-23-16-24(8-9-25(23)18-36)31-29(20-38)35-22(2)26(17-30(39)40)32(31)37-14-11-33(3,4)12-15-37;1-4(2,3)5/h5-9,16,38H,10-15,17-20H2,1-4H3,(H,39,40);5H,1-3H3. The SMILES string of the molecule is CC(C)(C)O.Cc1cccc(Cl)c1CN1CCc2cc(-c3c(CO)nc(C)c(CC(=O)O)c3N3CCC(C)(C)CC3)ccc2C1. The van der Waals surface area contributed by atoms with Crippen LogP contribution in [0.5, 0.6) is 0 Å². The Kier molecular flexibility index (Phi) is 11.0. The molecular formula is C37H50ClN3O4. The molecule has 45 heavy (non-hydrogen) atoms. The Morgan fingerprint density at radius 1 is 1.02 bits per heavy atom. The highest BCUT2D eigenvalue weighted by atomic mass is 35.5. The molecule has 0 radical (unpaired) electrons. The van der Waals surface area contributed by atoms with Crippen molar-refractivity contribution in [3.05, 3.63) is 80.6 Å². The molecule has 1 fully saturated rings. The summed E-state index contributed by atoms with van der Waals surface area (Å²) in [6.07, 6.45) is 2.88. The quantitative estimate of drug-likeness (QED) is 0.255. The van der Waals surface area contributed by atoms with Crippen LogP contribution in [0.4, 0.5) is 5.69 Å². The zero-order valence-corrected chi connectivity index (χ0v) is 28.8. The van der Waals surface area contributed by atoms with Gasteiger partial charge in [-0.1, -0.05) is 55.8 Å². The Bertz CT molecular complexity index is 1490.